The molecule has 1 fully saturated rings. The number of anilines is 1. The monoisotopic (exact) mass is 358 g/mol. The van der Waals surface area contributed by atoms with Crippen LogP contribution in [0, 0.1) is 10.1 Å². The SMILES string of the molecule is CC(C)(C)OC(=O)N1CCN(c2ccc([N+](=O)[O-])c3cccnc23)CC1. The summed E-state index contributed by atoms with van der Waals surface area (Å²) >= 11 is 0. The maximum absolute atomic E-state index is 12.2. The number of hydrogen-bond acceptors (Lipinski definition) is 6. The minimum absolute atomic E-state index is 0.0456. The number of piperazine rings is 1. The van der Waals surface area contributed by atoms with E-state index in [0.29, 0.717) is 37.1 Å². The number of amides is 1. The summed E-state index contributed by atoms with van der Waals surface area (Å²) in [6.07, 6.45) is 1.32. The van der Waals surface area contributed by atoms with Crippen LogP contribution in [0.15, 0.2) is 30.5 Å². The molecule has 138 valence electrons. The molecule has 0 atom stereocenters. The van der Waals surface area contributed by atoms with Gasteiger partial charge in [0, 0.05) is 38.4 Å². The van der Waals surface area contributed by atoms with Gasteiger partial charge in [0.25, 0.3) is 5.69 Å². The van der Waals surface area contributed by atoms with E-state index in [1.54, 1.807) is 29.3 Å². The normalized spacial score (nSPS) is 15.2. The highest BCUT2D eigenvalue weighted by atomic mass is 16.6. The number of carbonyl (C=O) groups is 1. The zero-order chi connectivity index (χ0) is 18.9. The molecular weight excluding hydrogens is 336 g/mol. The number of nitrogens with zero attached hydrogens (tertiary/aromatic N) is 4. The van der Waals surface area contributed by atoms with Crippen molar-refractivity contribution in [2.45, 2.75) is 26.4 Å². The average molecular weight is 358 g/mol. The second-order valence-corrected chi connectivity index (χ2v) is 7.21. The first-order valence-electron chi connectivity index (χ1n) is 8.51. The summed E-state index contributed by atoms with van der Waals surface area (Å²) in [7, 11) is 0. The largest absolute Gasteiger partial charge is 0.444 e. The average Bonchev–Trinajstić information content (AvgIpc) is 2.59. The van der Waals surface area contributed by atoms with Gasteiger partial charge in [0.2, 0.25) is 0 Å². The minimum atomic E-state index is -0.521. The van der Waals surface area contributed by atoms with Gasteiger partial charge in [0.1, 0.15) is 11.1 Å². The first-order valence-corrected chi connectivity index (χ1v) is 8.51. The van der Waals surface area contributed by atoms with E-state index >= 15 is 0 Å². The number of aromatic nitrogens is 1. The van der Waals surface area contributed by atoms with Crippen LogP contribution in [0.3, 0.4) is 0 Å². The lowest BCUT2D eigenvalue weighted by atomic mass is 10.1. The van der Waals surface area contributed by atoms with Crippen molar-refractivity contribution < 1.29 is 14.5 Å². The van der Waals surface area contributed by atoms with E-state index in [9.17, 15) is 14.9 Å². The van der Waals surface area contributed by atoms with Crippen molar-refractivity contribution >= 4 is 28.4 Å². The Bertz CT molecular complexity index is 839. The number of hydrogen-bond donors (Lipinski definition) is 0. The lowest BCUT2D eigenvalue weighted by molar-refractivity contribution is -0.383. The second-order valence-electron chi connectivity index (χ2n) is 7.21. The van der Waals surface area contributed by atoms with Gasteiger partial charge in [-0.3, -0.25) is 15.1 Å². The van der Waals surface area contributed by atoms with E-state index in [1.807, 2.05) is 20.8 Å². The van der Waals surface area contributed by atoms with Crippen LogP contribution in [0.4, 0.5) is 16.2 Å². The maximum Gasteiger partial charge on any atom is 0.410 e. The number of fused-ring (bicyclic) bond motifs is 1. The number of nitro groups is 1. The molecule has 1 saturated heterocycles. The second kappa shape index (κ2) is 6.78. The van der Waals surface area contributed by atoms with Gasteiger partial charge in [-0.15, -0.1) is 0 Å². The lowest BCUT2D eigenvalue weighted by Gasteiger charge is -2.36. The first kappa shape index (κ1) is 17.9. The first-order chi connectivity index (χ1) is 12.3. The molecule has 1 aromatic heterocycles. The molecule has 2 aromatic rings. The van der Waals surface area contributed by atoms with Gasteiger partial charge in [-0.2, -0.15) is 0 Å². The number of nitro benzene ring substituents is 1. The van der Waals surface area contributed by atoms with Crippen molar-refractivity contribution in [2.75, 3.05) is 31.1 Å². The Labute approximate surface area is 151 Å². The minimum Gasteiger partial charge on any atom is -0.444 e. The Morgan fingerprint density at radius 1 is 1.19 bits per heavy atom. The molecule has 8 nitrogen and oxygen atoms in total. The topological polar surface area (TPSA) is 88.8 Å². The summed E-state index contributed by atoms with van der Waals surface area (Å²) in [4.78, 5) is 31.2. The van der Waals surface area contributed by atoms with Gasteiger partial charge in [0.15, 0.2) is 0 Å². The fourth-order valence-corrected chi connectivity index (χ4v) is 3.01. The van der Waals surface area contributed by atoms with Crippen LogP contribution >= 0.6 is 0 Å². The summed E-state index contributed by atoms with van der Waals surface area (Å²) in [6.45, 7) is 7.81. The lowest BCUT2D eigenvalue weighted by Crippen LogP contribution is -2.50. The van der Waals surface area contributed by atoms with Crippen molar-refractivity contribution in [1.82, 2.24) is 9.88 Å². The van der Waals surface area contributed by atoms with E-state index in [2.05, 4.69) is 9.88 Å². The molecule has 0 spiro atoms. The van der Waals surface area contributed by atoms with Crippen molar-refractivity contribution in [2.24, 2.45) is 0 Å². The highest BCUT2D eigenvalue weighted by molar-refractivity contribution is 5.97. The van der Waals surface area contributed by atoms with E-state index in [4.69, 9.17) is 4.74 Å². The third-order valence-electron chi connectivity index (χ3n) is 4.19. The molecule has 0 bridgehead atoms. The van der Waals surface area contributed by atoms with Gasteiger partial charge in [0.05, 0.1) is 16.0 Å². The number of rotatable bonds is 2. The van der Waals surface area contributed by atoms with E-state index < -0.39 is 10.5 Å². The van der Waals surface area contributed by atoms with Gasteiger partial charge >= 0.3 is 6.09 Å². The third-order valence-corrected chi connectivity index (χ3v) is 4.19. The van der Waals surface area contributed by atoms with E-state index in [0.717, 1.165) is 5.69 Å². The van der Waals surface area contributed by atoms with Gasteiger partial charge < -0.3 is 14.5 Å². The summed E-state index contributed by atoms with van der Waals surface area (Å²) in [5, 5.41) is 11.8. The van der Waals surface area contributed by atoms with Crippen LogP contribution in [0.5, 0.6) is 0 Å². The predicted octanol–water partition coefficient (Wildman–Crippen LogP) is 3.20. The van der Waals surface area contributed by atoms with Gasteiger partial charge in [-0.25, -0.2) is 4.79 Å². The molecule has 1 aliphatic heterocycles. The molecule has 0 saturated carbocycles. The highest BCUT2D eigenvalue weighted by Gasteiger charge is 2.27. The quantitative estimate of drug-likeness (QED) is 0.605. The Morgan fingerprint density at radius 3 is 2.50 bits per heavy atom. The molecule has 0 radical (unpaired) electrons. The van der Waals surface area contributed by atoms with Crippen LogP contribution in [0.25, 0.3) is 10.9 Å². The van der Waals surface area contributed by atoms with Crippen molar-refractivity contribution in [3.8, 4) is 0 Å². The molecule has 26 heavy (non-hydrogen) atoms. The fourth-order valence-electron chi connectivity index (χ4n) is 3.01. The molecule has 0 aliphatic carbocycles. The van der Waals surface area contributed by atoms with Gasteiger partial charge in [-0.05, 0) is 39.0 Å². The number of carbonyl (C=O) groups excluding carboxylic acids is 1. The molecule has 3 rings (SSSR count). The molecule has 0 N–H and O–H groups in total. The van der Waals surface area contributed by atoms with Crippen LogP contribution in [0.1, 0.15) is 20.8 Å². The smallest absolute Gasteiger partial charge is 0.410 e. The molecule has 0 unspecified atom stereocenters. The maximum atomic E-state index is 12.2. The van der Waals surface area contributed by atoms with E-state index in [-0.39, 0.29) is 11.8 Å². The Morgan fingerprint density at radius 2 is 1.88 bits per heavy atom. The Kier molecular flexibility index (Phi) is 4.67. The number of pyridine rings is 1. The third kappa shape index (κ3) is 3.68. The molecule has 8 heteroatoms. The van der Waals surface area contributed by atoms with Crippen molar-refractivity contribution in [1.29, 1.82) is 0 Å². The van der Waals surface area contributed by atoms with Crippen LogP contribution < -0.4 is 4.90 Å². The Balaban J connectivity index is 1.79. The Hall–Kier alpha value is -2.90. The van der Waals surface area contributed by atoms with Crippen LogP contribution in [-0.2, 0) is 4.74 Å². The van der Waals surface area contributed by atoms with Gasteiger partial charge in [-0.1, -0.05) is 0 Å². The van der Waals surface area contributed by atoms with Crippen LogP contribution in [0.2, 0.25) is 0 Å². The summed E-state index contributed by atoms with van der Waals surface area (Å²) < 4.78 is 5.41. The molecule has 1 aliphatic rings. The summed E-state index contributed by atoms with van der Waals surface area (Å²) in [5.41, 5.74) is 0.971. The number of benzene rings is 1. The highest BCUT2D eigenvalue weighted by Crippen LogP contribution is 2.32. The fraction of sp³-hybridized carbons (Fsp3) is 0.444. The van der Waals surface area contributed by atoms with Crippen molar-refractivity contribution in [3.63, 3.8) is 0 Å². The molecule has 1 aromatic carbocycles. The van der Waals surface area contributed by atoms with Crippen LogP contribution in [-0.4, -0.2) is 52.7 Å². The zero-order valence-electron chi connectivity index (χ0n) is 15.1. The standard InChI is InChI=1S/C18H22N4O4/c1-18(2,3)26-17(23)21-11-9-20(10-12-21)15-7-6-14(22(24)25)13-5-4-8-19-16(13)15/h4-8H,9-12H2,1-3H3. The molecule has 2 heterocycles. The number of ether oxygens (including phenoxy) is 1. The predicted molar refractivity (Wildman–Crippen MR) is 98.4 cm³/mol. The van der Waals surface area contributed by atoms with Crippen molar-refractivity contribution in [3.05, 3.63) is 40.6 Å². The summed E-state index contributed by atoms with van der Waals surface area (Å²) in [6, 6.07) is 6.65. The zero-order valence-corrected chi connectivity index (χ0v) is 15.1. The molecular formula is C18H22N4O4. The molecule has 1 amide bonds. The number of non-ortho nitro benzene ring substituents is 1. The van der Waals surface area contributed by atoms with E-state index in [1.165, 1.54) is 6.07 Å². The summed E-state index contributed by atoms with van der Waals surface area (Å²) in [5.74, 6) is 0.